The number of carbonyl (C=O) groups excluding carboxylic acids is 1. The number of nitrogens with zero attached hydrogens (tertiary/aromatic N) is 4. The summed E-state index contributed by atoms with van der Waals surface area (Å²) in [5.74, 6) is 0.869. The first-order chi connectivity index (χ1) is 13.0. The van der Waals surface area contributed by atoms with Crippen LogP contribution < -0.4 is 15.4 Å². The van der Waals surface area contributed by atoms with Crippen molar-refractivity contribution in [3.63, 3.8) is 0 Å². The second-order valence-electron chi connectivity index (χ2n) is 5.70. The van der Waals surface area contributed by atoms with E-state index >= 15 is 0 Å². The SMILES string of the molecule is COc1ccccc1Nc1nnc(SCC(=O)Nc2c(C)nn(C)c2C)s1. The van der Waals surface area contributed by atoms with Crippen LogP contribution in [-0.4, -0.2) is 38.7 Å². The average Bonchev–Trinajstić information content (AvgIpc) is 3.20. The summed E-state index contributed by atoms with van der Waals surface area (Å²) >= 11 is 2.73. The third-order valence-electron chi connectivity index (χ3n) is 3.86. The summed E-state index contributed by atoms with van der Waals surface area (Å²) in [6, 6.07) is 7.58. The molecule has 10 heteroatoms. The lowest BCUT2D eigenvalue weighted by Crippen LogP contribution is -2.15. The Balaban J connectivity index is 1.57. The van der Waals surface area contributed by atoms with Crippen LogP contribution in [0, 0.1) is 13.8 Å². The number of anilines is 3. The van der Waals surface area contributed by atoms with Crippen molar-refractivity contribution in [1.29, 1.82) is 0 Å². The highest BCUT2D eigenvalue weighted by molar-refractivity contribution is 8.01. The fraction of sp³-hybridized carbons (Fsp3) is 0.294. The number of benzene rings is 1. The van der Waals surface area contributed by atoms with Crippen LogP contribution in [0.4, 0.5) is 16.5 Å². The fourth-order valence-corrected chi connectivity index (χ4v) is 4.00. The van der Waals surface area contributed by atoms with Crippen molar-refractivity contribution < 1.29 is 9.53 Å². The van der Waals surface area contributed by atoms with Crippen molar-refractivity contribution in [2.24, 2.45) is 7.05 Å². The third kappa shape index (κ3) is 4.58. The smallest absolute Gasteiger partial charge is 0.234 e. The van der Waals surface area contributed by atoms with Crippen molar-refractivity contribution in [3.8, 4) is 5.75 Å². The number of para-hydroxylation sites is 2. The maximum atomic E-state index is 12.2. The molecule has 0 saturated heterocycles. The van der Waals surface area contributed by atoms with Gasteiger partial charge in [-0.1, -0.05) is 35.2 Å². The van der Waals surface area contributed by atoms with Crippen molar-refractivity contribution in [2.45, 2.75) is 18.2 Å². The first kappa shape index (κ1) is 19.2. The molecule has 2 heterocycles. The number of aromatic nitrogens is 4. The van der Waals surface area contributed by atoms with Gasteiger partial charge in [-0.15, -0.1) is 10.2 Å². The van der Waals surface area contributed by atoms with E-state index in [2.05, 4.69) is 25.9 Å². The fourth-order valence-electron chi connectivity index (χ4n) is 2.44. The van der Waals surface area contributed by atoms with E-state index in [0.717, 1.165) is 28.5 Å². The topological polar surface area (TPSA) is 94.0 Å². The van der Waals surface area contributed by atoms with Crippen LogP contribution in [-0.2, 0) is 11.8 Å². The Morgan fingerprint density at radius 2 is 2.07 bits per heavy atom. The van der Waals surface area contributed by atoms with Gasteiger partial charge in [-0.3, -0.25) is 9.48 Å². The lowest BCUT2D eigenvalue weighted by atomic mass is 10.3. The van der Waals surface area contributed by atoms with Crippen molar-refractivity contribution in [3.05, 3.63) is 35.7 Å². The Bertz CT molecular complexity index is 953. The first-order valence-corrected chi connectivity index (χ1v) is 9.94. The molecule has 0 atom stereocenters. The molecule has 0 unspecified atom stereocenters. The second-order valence-corrected chi connectivity index (χ2v) is 7.90. The molecule has 0 radical (unpaired) electrons. The molecule has 1 aromatic carbocycles. The summed E-state index contributed by atoms with van der Waals surface area (Å²) in [6.45, 7) is 3.79. The minimum absolute atomic E-state index is 0.103. The van der Waals surface area contributed by atoms with E-state index in [1.807, 2.05) is 45.2 Å². The van der Waals surface area contributed by atoms with E-state index in [4.69, 9.17) is 4.74 Å². The molecule has 0 saturated carbocycles. The molecule has 0 fully saturated rings. The summed E-state index contributed by atoms with van der Waals surface area (Å²) in [5, 5.41) is 19.3. The third-order valence-corrected chi connectivity index (χ3v) is 5.83. The lowest BCUT2D eigenvalue weighted by Gasteiger charge is -2.07. The van der Waals surface area contributed by atoms with Crippen LogP contribution >= 0.6 is 23.1 Å². The number of thioether (sulfide) groups is 1. The number of rotatable bonds is 7. The van der Waals surface area contributed by atoms with E-state index in [-0.39, 0.29) is 11.7 Å². The minimum atomic E-state index is -0.103. The summed E-state index contributed by atoms with van der Waals surface area (Å²) in [7, 11) is 3.47. The molecule has 2 aromatic heterocycles. The van der Waals surface area contributed by atoms with Gasteiger partial charge in [-0.05, 0) is 26.0 Å². The van der Waals surface area contributed by atoms with Gasteiger partial charge in [0.2, 0.25) is 11.0 Å². The minimum Gasteiger partial charge on any atom is -0.495 e. The van der Waals surface area contributed by atoms with E-state index in [1.54, 1.807) is 11.8 Å². The Labute approximate surface area is 165 Å². The highest BCUT2D eigenvalue weighted by Crippen LogP contribution is 2.31. The predicted molar refractivity (Wildman–Crippen MR) is 108 cm³/mol. The van der Waals surface area contributed by atoms with Gasteiger partial charge in [-0.2, -0.15) is 5.10 Å². The maximum absolute atomic E-state index is 12.2. The number of hydrogen-bond acceptors (Lipinski definition) is 8. The molecule has 27 heavy (non-hydrogen) atoms. The number of amides is 1. The van der Waals surface area contributed by atoms with E-state index in [9.17, 15) is 4.79 Å². The van der Waals surface area contributed by atoms with Gasteiger partial charge < -0.3 is 15.4 Å². The molecule has 142 valence electrons. The number of nitrogens with one attached hydrogen (secondary N) is 2. The van der Waals surface area contributed by atoms with Crippen LogP contribution in [0.2, 0.25) is 0 Å². The Morgan fingerprint density at radius 1 is 1.30 bits per heavy atom. The van der Waals surface area contributed by atoms with Crippen LogP contribution in [0.15, 0.2) is 28.6 Å². The molecule has 3 aromatic rings. The molecular weight excluding hydrogens is 384 g/mol. The molecule has 8 nitrogen and oxygen atoms in total. The van der Waals surface area contributed by atoms with Crippen LogP contribution in [0.5, 0.6) is 5.75 Å². The van der Waals surface area contributed by atoms with Crippen molar-refractivity contribution in [2.75, 3.05) is 23.5 Å². The number of aryl methyl sites for hydroxylation is 2. The van der Waals surface area contributed by atoms with Crippen LogP contribution in [0.3, 0.4) is 0 Å². The average molecular weight is 405 g/mol. The number of methoxy groups -OCH3 is 1. The van der Waals surface area contributed by atoms with Gasteiger partial charge in [0.1, 0.15) is 5.75 Å². The highest BCUT2D eigenvalue weighted by atomic mass is 32.2. The Hall–Kier alpha value is -2.59. The molecule has 1 amide bonds. The normalized spacial score (nSPS) is 10.7. The molecule has 0 aliphatic carbocycles. The molecule has 0 aliphatic rings. The van der Waals surface area contributed by atoms with Crippen LogP contribution in [0.25, 0.3) is 0 Å². The van der Waals surface area contributed by atoms with Gasteiger partial charge >= 0.3 is 0 Å². The lowest BCUT2D eigenvalue weighted by molar-refractivity contribution is -0.113. The zero-order valence-corrected chi connectivity index (χ0v) is 17.1. The number of ether oxygens (including phenoxy) is 1. The van der Waals surface area contributed by atoms with Crippen molar-refractivity contribution >= 4 is 45.5 Å². The van der Waals surface area contributed by atoms with Gasteiger partial charge in [0.05, 0.1) is 35.6 Å². The molecule has 0 aliphatic heterocycles. The zero-order valence-electron chi connectivity index (χ0n) is 15.4. The van der Waals surface area contributed by atoms with Crippen LogP contribution in [0.1, 0.15) is 11.4 Å². The second kappa shape index (κ2) is 8.40. The first-order valence-electron chi connectivity index (χ1n) is 8.14. The van der Waals surface area contributed by atoms with E-state index < -0.39 is 0 Å². The summed E-state index contributed by atoms with van der Waals surface area (Å²) < 4.78 is 7.77. The number of hydrogen-bond donors (Lipinski definition) is 2. The summed E-state index contributed by atoms with van der Waals surface area (Å²) in [4.78, 5) is 12.2. The molecule has 3 rings (SSSR count). The van der Waals surface area contributed by atoms with Gasteiger partial charge in [0.15, 0.2) is 4.34 Å². The van der Waals surface area contributed by atoms with Crippen molar-refractivity contribution in [1.82, 2.24) is 20.0 Å². The highest BCUT2D eigenvalue weighted by Gasteiger charge is 2.14. The zero-order chi connectivity index (χ0) is 19.4. The number of carbonyl (C=O) groups is 1. The Kier molecular flexibility index (Phi) is 5.97. The van der Waals surface area contributed by atoms with E-state index in [1.165, 1.54) is 23.1 Å². The standard InChI is InChI=1S/C17H20N6O2S2/c1-10-15(11(2)23(3)22-10)19-14(24)9-26-17-21-20-16(27-17)18-12-7-5-6-8-13(12)25-4/h5-8H,9H2,1-4H3,(H,18,20)(H,19,24). The summed E-state index contributed by atoms with van der Waals surface area (Å²) in [5.41, 5.74) is 3.30. The summed E-state index contributed by atoms with van der Waals surface area (Å²) in [6.07, 6.45) is 0. The maximum Gasteiger partial charge on any atom is 0.234 e. The molecule has 0 spiro atoms. The van der Waals surface area contributed by atoms with Gasteiger partial charge in [0.25, 0.3) is 0 Å². The quantitative estimate of drug-likeness (QED) is 0.583. The van der Waals surface area contributed by atoms with E-state index in [0.29, 0.717) is 9.47 Å². The monoisotopic (exact) mass is 404 g/mol. The molecule has 2 N–H and O–H groups in total. The Morgan fingerprint density at radius 3 is 2.78 bits per heavy atom. The largest absolute Gasteiger partial charge is 0.495 e. The predicted octanol–water partition coefficient (Wildman–Crippen LogP) is 3.37. The molecule has 0 bridgehead atoms. The molecular formula is C17H20N6O2S2. The van der Waals surface area contributed by atoms with Gasteiger partial charge in [-0.25, -0.2) is 0 Å². The van der Waals surface area contributed by atoms with Gasteiger partial charge in [0, 0.05) is 7.05 Å².